The van der Waals surface area contributed by atoms with Crippen LogP contribution < -0.4 is 5.32 Å². The van der Waals surface area contributed by atoms with E-state index in [9.17, 15) is 27.6 Å². The summed E-state index contributed by atoms with van der Waals surface area (Å²) in [6.45, 7) is 5.06. The molecule has 1 heterocycles. The molecule has 1 saturated heterocycles. The third-order valence-electron chi connectivity index (χ3n) is 3.81. The highest BCUT2D eigenvalue weighted by Gasteiger charge is 2.42. The summed E-state index contributed by atoms with van der Waals surface area (Å²) in [7, 11) is 1.43. The predicted octanol–water partition coefficient (Wildman–Crippen LogP) is 0.689. The maximum atomic E-state index is 12.3. The summed E-state index contributed by atoms with van der Waals surface area (Å²) < 4.78 is 37.0. The summed E-state index contributed by atoms with van der Waals surface area (Å²) in [4.78, 5) is 37.2. The van der Waals surface area contributed by atoms with Gasteiger partial charge in [-0.3, -0.25) is 14.4 Å². The van der Waals surface area contributed by atoms with Crippen LogP contribution in [0.3, 0.4) is 0 Å². The molecule has 3 amide bonds. The fourth-order valence-corrected chi connectivity index (χ4v) is 2.47. The Morgan fingerprint density at radius 2 is 2.00 bits per heavy atom. The Morgan fingerprint density at radius 3 is 2.52 bits per heavy atom. The molecule has 0 aliphatic carbocycles. The van der Waals surface area contributed by atoms with Crippen molar-refractivity contribution in [1.82, 2.24) is 15.1 Å². The first kappa shape index (κ1) is 19.0. The summed E-state index contributed by atoms with van der Waals surface area (Å²) in [5, 5.41) is 1.93. The van der Waals surface area contributed by atoms with Gasteiger partial charge in [0.25, 0.3) is 0 Å². The van der Waals surface area contributed by atoms with Gasteiger partial charge >= 0.3 is 12.1 Å². The monoisotopic (exact) mass is 335 g/mol. The molecule has 0 aromatic carbocycles. The largest absolute Gasteiger partial charge is 0.471 e. The van der Waals surface area contributed by atoms with Crippen LogP contribution in [-0.4, -0.2) is 65.9 Å². The van der Waals surface area contributed by atoms with Crippen LogP contribution in [0.5, 0.6) is 0 Å². The maximum Gasteiger partial charge on any atom is 0.471 e. The van der Waals surface area contributed by atoms with Crippen molar-refractivity contribution in [3.63, 3.8) is 0 Å². The number of rotatable bonds is 4. The predicted molar refractivity (Wildman–Crippen MR) is 76.2 cm³/mol. The van der Waals surface area contributed by atoms with Crippen molar-refractivity contribution in [3.8, 4) is 0 Å². The maximum absolute atomic E-state index is 12.3. The number of halogens is 3. The number of carbonyl (C=O) groups is 3. The Balaban J connectivity index is 2.70. The van der Waals surface area contributed by atoms with Crippen molar-refractivity contribution in [2.45, 2.75) is 38.0 Å². The number of alkyl halides is 3. The first-order chi connectivity index (χ1) is 10.6. The van der Waals surface area contributed by atoms with E-state index >= 15 is 0 Å². The first-order valence-corrected chi connectivity index (χ1v) is 7.12. The molecule has 0 aromatic rings. The normalized spacial score (nSPS) is 21.5. The van der Waals surface area contributed by atoms with E-state index in [2.05, 4.69) is 6.58 Å². The second-order valence-electron chi connectivity index (χ2n) is 5.45. The van der Waals surface area contributed by atoms with Gasteiger partial charge in [0, 0.05) is 25.7 Å². The van der Waals surface area contributed by atoms with Crippen LogP contribution >= 0.6 is 0 Å². The Kier molecular flexibility index (Phi) is 6.17. The second-order valence-corrected chi connectivity index (χ2v) is 5.45. The lowest BCUT2D eigenvalue weighted by Crippen LogP contribution is -2.58. The highest BCUT2D eigenvalue weighted by Crippen LogP contribution is 2.21. The summed E-state index contributed by atoms with van der Waals surface area (Å²) in [5.74, 6) is -2.83. The molecule has 0 unspecified atom stereocenters. The number of hydrogen-bond acceptors (Lipinski definition) is 3. The lowest BCUT2D eigenvalue weighted by Gasteiger charge is -2.40. The molecule has 1 N–H and O–H groups in total. The van der Waals surface area contributed by atoms with Crippen molar-refractivity contribution in [3.05, 3.63) is 12.7 Å². The fourth-order valence-electron chi connectivity index (χ4n) is 2.47. The lowest BCUT2D eigenvalue weighted by atomic mass is 9.97. The molecule has 0 bridgehead atoms. The van der Waals surface area contributed by atoms with Gasteiger partial charge in [0.2, 0.25) is 11.8 Å². The summed E-state index contributed by atoms with van der Waals surface area (Å²) in [5.41, 5.74) is 0. The van der Waals surface area contributed by atoms with Gasteiger partial charge < -0.3 is 15.1 Å². The number of amides is 3. The molecule has 0 radical (unpaired) electrons. The van der Waals surface area contributed by atoms with Gasteiger partial charge in [-0.1, -0.05) is 6.58 Å². The zero-order chi connectivity index (χ0) is 17.8. The molecule has 0 aromatic heterocycles. The topological polar surface area (TPSA) is 69.7 Å². The van der Waals surface area contributed by atoms with Gasteiger partial charge in [0.15, 0.2) is 0 Å². The minimum Gasteiger partial charge on any atom is -0.343 e. The van der Waals surface area contributed by atoms with Crippen LogP contribution in [0.1, 0.15) is 19.8 Å². The van der Waals surface area contributed by atoms with E-state index < -0.39 is 30.1 Å². The molecule has 2 atom stereocenters. The Bertz CT molecular complexity index is 493. The van der Waals surface area contributed by atoms with Gasteiger partial charge in [-0.25, -0.2) is 0 Å². The molecule has 1 aliphatic rings. The minimum atomic E-state index is -4.96. The van der Waals surface area contributed by atoms with E-state index in [1.165, 1.54) is 16.8 Å². The first-order valence-electron chi connectivity index (χ1n) is 7.12. The third-order valence-corrected chi connectivity index (χ3v) is 3.81. The Labute approximate surface area is 132 Å². The van der Waals surface area contributed by atoms with Crippen LogP contribution in [0.4, 0.5) is 13.2 Å². The van der Waals surface area contributed by atoms with Gasteiger partial charge in [0.05, 0.1) is 6.54 Å². The number of nitrogens with one attached hydrogen (secondary N) is 1. The molecule has 23 heavy (non-hydrogen) atoms. The molecule has 1 aliphatic heterocycles. The number of hydrogen-bond donors (Lipinski definition) is 1. The van der Waals surface area contributed by atoms with Crippen LogP contribution in [-0.2, 0) is 14.4 Å². The molecular formula is C14H20F3N3O3. The van der Waals surface area contributed by atoms with E-state index in [-0.39, 0.29) is 12.5 Å². The van der Waals surface area contributed by atoms with E-state index in [0.29, 0.717) is 19.4 Å². The number of likely N-dealkylation sites (tertiary alicyclic amines) is 1. The highest BCUT2D eigenvalue weighted by molar-refractivity contribution is 5.90. The summed E-state index contributed by atoms with van der Waals surface area (Å²) >= 11 is 0. The van der Waals surface area contributed by atoms with Gasteiger partial charge in [0.1, 0.15) is 0 Å². The van der Waals surface area contributed by atoms with Crippen LogP contribution in [0.25, 0.3) is 0 Å². The standard InChI is InChI=1S/C14H20F3N3O3/c1-4-11(21)19(3)8-12(22)20-7-5-6-10(9(20)2)18-13(23)14(15,16)17/h4,9-10H,1,5-8H2,2-3H3,(H,18,23)/t9-,10-/m1/s1. The van der Waals surface area contributed by atoms with Crippen molar-refractivity contribution < 1.29 is 27.6 Å². The molecule has 0 spiro atoms. The van der Waals surface area contributed by atoms with Gasteiger partial charge in [-0.2, -0.15) is 13.2 Å². The zero-order valence-corrected chi connectivity index (χ0v) is 13.0. The summed E-state index contributed by atoms with van der Waals surface area (Å²) in [6.07, 6.45) is -3.06. The van der Waals surface area contributed by atoms with E-state index in [0.717, 1.165) is 6.08 Å². The highest BCUT2D eigenvalue weighted by atomic mass is 19.4. The van der Waals surface area contributed by atoms with E-state index in [1.54, 1.807) is 6.92 Å². The lowest BCUT2D eigenvalue weighted by molar-refractivity contribution is -0.175. The molecule has 130 valence electrons. The van der Waals surface area contributed by atoms with Crippen LogP contribution in [0.15, 0.2) is 12.7 Å². The van der Waals surface area contributed by atoms with E-state index in [1.807, 2.05) is 5.32 Å². The average Bonchev–Trinajstić information content (AvgIpc) is 2.47. The number of likely N-dealkylation sites (N-methyl/N-ethyl adjacent to an activating group) is 1. The minimum absolute atomic E-state index is 0.199. The van der Waals surface area contributed by atoms with E-state index in [4.69, 9.17) is 0 Å². The number of piperidine rings is 1. The van der Waals surface area contributed by atoms with Crippen molar-refractivity contribution in [2.75, 3.05) is 20.1 Å². The third kappa shape index (κ3) is 4.97. The molecule has 1 rings (SSSR count). The van der Waals surface area contributed by atoms with Crippen LogP contribution in [0, 0.1) is 0 Å². The SMILES string of the molecule is C=CC(=O)N(C)CC(=O)N1CCC[C@@H](NC(=O)C(F)(F)F)[C@H]1C. The second kappa shape index (κ2) is 7.47. The number of carbonyl (C=O) groups excluding carboxylic acids is 3. The molecule has 6 nitrogen and oxygen atoms in total. The zero-order valence-electron chi connectivity index (χ0n) is 13.0. The van der Waals surface area contributed by atoms with Crippen LogP contribution in [0.2, 0.25) is 0 Å². The molecule has 0 saturated carbocycles. The van der Waals surface area contributed by atoms with Crippen molar-refractivity contribution in [1.29, 1.82) is 0 Å². The van der Waals surface area contributed by atoms with Gasteiger partial charge in [-0.05, 0) is 25.8 Å². The Hall–Kier alpha value is -2.06. The molecule has 1 fully saturated rings. The van der Waals surface area contributed by atoms with Crippen molar-refractivity contribution >= 4 is 17.7 Å². The fraction of sp³-hybridized carbons (Fsp3) is 0.643. The number of nitrogens with zero attached hydrogens (tertiary/aromatic N) is 2. The summed E-state index contributed by atoms with van der Waals surface area (Å²) in [6, 6.07) is -1.36. The van der Waals surface area contributed by atoms with Gasteiger partial charge in [-0.15, -0.1) is 0 Å². The Morgan fingerprint density at radius 1 is 1.39 bits per heavy atom. The quantitative estimate of drug-likeness (QED) is 0.769. The molecule has 9 heteroatoms. The van der Waals surface area contributed by atoms with Crippen molar-refractivity contribution in [2.24, 2.45) is 0 Å². The average molecular weight is 335 g/mol. The molecular weight excluding hydrogens is 315 g/mol. The smallest absolute Gasteiger partial charge is 0.343 e.